The molecule has 7 heteroatoms. The van der Waals surface area contributed by atoms with Crippen molar-refractivity contribution in [1.29, 1.82) is 0 Å². The summed E-state index contributed by atoms with van der Waals surface area (Å²) in [6.45, 7) is 9.05. The maximum atomic E-state index is 12.9. The molecular weight excluding hydrogens is 356 g/mol. The molecule has 1 aliphatic carbocycles. The first-order chi connectivity index (χ1) is 13.2. The minimum atomic E-state index is -0.514. The number of pyridine rings is 1. The molecule has 1 aliphatic rings. The molecule has 2 heterocycles. The predicted molar refractivity (Wildman–Crippen MR) is 110 cm³/mol. The second-order valence-corrected chi connectivity index (χ2v) is 8.84. The molecule has 3 rings (SSSR count). The Bertz CT molecular complexity index is 984. The van der Waals surface area contributed by atoms with Crippen molar-refractivity contribution in [2.24, 2.45) is 11.3 Å². The van der Waals surface area contributed by atoms with E-state index in [2.05, 4.69) is 36.1 Å². The topological polar surface area (TPSA) is 96.9 Å². The van der Waals surface area contributed by atoms with E-state index < -0.39 is 11.2 Å². The average Bonchev–Trinajstić information content (AvgIpc) is 2.64. The SMILES string of the molecule is CCCn1c(=O)[nH]c(=O)c2cc(C(=O)NC3CCCCC3C(C)(C)C)cnc21. The van der Waals surface area contributed by atoms with Gasteiger partial charge >= 0.3 is 5.69 Å². The van der Waals surface area contributed by atoms with E-state index in [9.17, 15) is 14.4 Å². The highest BCUT2D eigenvalue weighted by molar-refractivity contribution is 5.96. The van der Waals surface area contributed by atoms with Gasteiger partial charge in [0, 0.05) is 18.8 Å². The van der Waals surface area contributed by atoms with E-state index >= 15 is 0 Å². The van der Waals surface area contributed by atoms with E-state index in [0.717, 1.165) is 25.7 Å². The van der Waals surface area contributed by atoms with Crippen molar-refractivity contribution in [3.63, 3.8) is 0 Å². The second kappa shape index (κ2) is 7.89. The minimum Gasteiger partial charge on any atom is -0.349 e. The Kier molecular flexibility index (Phi) is 5.72. The molecule has 2 atom stereocenters. The summed E-state index contributed by atoms with van der Waals surface area (Å²) in [5, 5.41) is 3.43. The molecule has 0 radical (unpaired) electrons. The van der Waals surface area contributed by atoms with Crippen LogP contribution in [0.3, 0.4) is 0 Å². The smallest absolute Gasteiger partial charge is 0.329 e. The summed E-state index contributed by atoms with van der Waals surface area (Å²) >= 11 is 0. The van der Waals surface area contributed by atoms with Crippen molar-refractivity contribution in [3.8, 4) is 0 Å². The highest BCUT2D eigenvalue weighted by Gasteiger charge is 2.35. The fraction of sp³-hybridized carbons (Fsp3) is 0.619. The van der Waals surface area contributed by atoms with E-state index in [0.29, 0.717) is 23.7 Å². The van der Waals surface area contributed by atoms with E-state index in [1.807, 2.05) is 6.92 Å². The fourth-order valence-corrected chi connectivity index (χ4v) is 4.31. The van der Waals surface area contributed by atoms with E-state index in [4.69, 9.17) is 0 Å². The monoisotopic (exact) mass is 386 g/mol. The van der Waals surface area contributed by atoms with E-state index in [1.54, 1.807) is 0 Å². The zero-order chi connectivity index (χ0) is 20.5. The first-order valence-electron chi connectivity index (χ1n) is 10.2. The van der Waals surface area contributed by atoms with E-state index in [1.165, 1.54) is 23.3 Å². The number of nitrogens with zero attached hydrogens (tertiary/aromatic N) is 2. The number of carbonyl (C=O) groups excluding carboxylic acids is 1. The third kappa shape index (κ3) is 4.03. The van der Waals surface area contributed by atoms with Crippen LogP contribution in [0, 0.1) is 11.3 Å². The van der Waals surface area contributed by atoms with Gasteiger partial charge in [0.1, 0.15) is 5.65 Å². The van der Waals surface area contributed by atoms with Crippen LogP contribution >= 0.6 is 0 Å². The number of aromatic amines is 1. The summed E-state index contributed by atoms with van der Waals surface area (Å²) in [6.07, 6.45) is 6.56. The fourth-order valence-electron chi connectivity index (χ4n) is 4.31. The Balaban J connectivity index is 1.92. The first kappa shape index (κ1) is 20.3. The van der Waals surface area contributed by atoms with Crippen molar-refractivity contribution >= 4 is 16.9 Å². The Labute approximate surface area is 164 Å². The van der Waals surface area contributed by atoms with Crippen LogP contribution in [0.1, 0.15) is 70.2 Å². The Morgan fingerprint density at radius 2 is 2.00 bits per heavy atom. The lowest BCUT2D eigenvalue weighted by Crippen LogP contribution is -2.46. The Morgan fingerprint density at radius 1 is 1.29 bits per heavy atom. The number of aryl methyl sites for hydroxylation is 1. The summed E-state index contributed by atoms with van der Waals surface area (Å²) in [7, 11) is 0. The minimum absolute atomic E-state index is 0.115. The van der Waals surface area contributed by atoms with Crippen LogP contribution in [-0.4, -0.2) is 26.5 Å². The summed E-state index contributed by atoms with van der Waals surface area (Å²) in [5.74, 6) is 0.194. The third-order valence-electron chi connectivity index (χ3n) is 5.74. The maximum Gasteiger partial charge on any atom is 0.329 e. The molecule has 1 saturated carbocycles. The number of nitrogens with one attached hydrogen (secondary N) is 2. The van der Waals surface area contributed by atoms with Gasteiger partial charge < -0.3 is 5.32 Å². The molecule has 0 saturated heterocycles. The van der Waals surface area contributed by atoms with Crippen LogP contribution in [-0.2, 0) is 6.54 Å². The molecule has 0 aliphatic heterocycles. The number of carbonyl (C=O) groups is 1. The molecule has 1 fully saturated rings. The van der Waals surface area contributed by atoms with E-state index in [-0.39, 0.29) is 22.8 Å². The maximum absolute atomic E-state index is 12.9. The molecule has 2 aromatic heterocycles. The molecule has 152 valence electrons. The molecule has 0 aromatic carbocycles. The molecule has 2 aromatic rings. The van der Waals surface area contributed by atoms with Gasteiger partial charge in [-0.2, -0.15) is 0 Å². The lowest BCUT2D eigenvalue weighted by atomic mass is 9.69. The quantitative estimate of drug-likeness (QED) is 0.844. The Morgan fingerprint density at radius 3 is 2.68 bits per heavy atom. The van der Waals surface area contributed by atoms with Crippen LogP contribution in [0.2, 0.25) is 0 Å². The van der Waals surface area contributed by atoms with Gasteiger partial charge in [0.05, 0.1) is 10.9 Å². The average molecular weight is 386 g/mol. The standard InChI is InChI=1S/C21H30N4O3/c1-5-10-25-17-14(19(27)24-20(25)28)11-13(12-22-17)18(26)23-16-9-7-6-8-15(16)21(2,3)4/h11-12,15-16H,5-10H2,1-4H3,(H,23,26)(H,24,27,28). The van der Waals surface area contributed by atoms with Gasteiger partial charge in [-0.3, -0.25) is 19.1 Å². The molecule has 1 amide bonds. The summed E-state index contributed by atoms with van der Waals surface area (Å²) < 4.78 is 1.44. The number of amides is 1. The van der Waals surface area contributed by atoms with Crippen molar-refractivity contribution in [3.05, 3.63) is 38.7 Å². The molecule has 28 heavy (non-hydrogen) atoms. The first-order valence-corrected chi connectivity index (χ1v) is 10.2. The lowest BCUT2D eigenvalue weighted by molar-refractivity contribution is 0.0830. The summed E-state index contributed by atoms with van der Waals surface area (Å²) in [4.78, 5) is 43.8. The molecule has 0 bridgehead atoms. The summed E-state index contributed by atoms with van der Waals surface area (Å²) in [6, 6.07) is 1.65. The van der Waals surface area contributed by atoms with Crippen LogP contribution in [0.25, 0.3) is 11.0 Å². The van der Waals surface area contributed by atoms with Crippen LogP contribution in [0.5, 0.6) is 0 Å². The van der Waals surface area contributed by atoms with Crippen molar-refractivity contribution in [1.82, 2.24) is 19.9 Å². The van der Waals surface area contributed by atoms with Gasteiger partial charge in [-0.15, -0.1) is 0 Å². The zero-order valence-corrected chi connectivity index (χ0v) is 17.2. The van der Waals surface area contributed by atoms with Gasteiger partial charge in [0.25, 0.3) is 11.5 Å². The molecular formula is C21H30N4O3. The predicted octanol–water partition coefficient (Wildman–Crippen LogP) is 2.83. The lowest BCUT2D eigenvalue weighted by Gasteiger charge is -2.40. The number of H-pyrrole nitrogens is 1. The molecule has 7 nitrogen and oxygen atoms in total. The number of fused-ring (bicyclic) bond motifs is 1. The van der Waals surface area contributed by atoms with Crippen molar-refractivity contribution < 1.29 is 4.79 Å². The van der Waals surface area contributed by atoms with Crippen LogP contribution in [0.4, 0.5) is 0 Å². The van der Waals surface area contributed by atoms with Gasteiger partial charge in [0.2, 0.25) is 0 Å². The van der Waals surface area contributed by atoms with Gasteiger partial charge in [-0.05, 0) is 36.7 Å². The number of hydrogen-bond donors (Lipinski definition) is 2. The molecule has 0 spiro atoms. The highest BCUT2D eigenvalue weighted by atomic mass is 16.2. The zero-order valence-electron chi connectivity index (χ0n) is 17.2. The van der Waals surface area contributed by atoms with Gasteiger partial charge in [-0.1, -0.05) is 40.5 Å². The third-order valence-corrected chi connectivity index (χ3v) is 5.74. The van der Waals surface area contributed by atoms with Crippen LogP contribution in [0.15, 0.2) is 21.9 Å². The largest absolute Gasteiger partial charge is 0.349 e. The number of hydrogen-bond acceptors (Lipinski definition) is 4. The number of rotatable bonds is 4. The van der Waals surface area contributed by atoms with Gasteiger partial charge in [-0.25, -0.2) is 9.78 Å². The van der Waals surface area contributed by atoms with Crippen molar-refractivity contribution in [2.75, 3.05) is 0 Å². The van der Waals surface area contributed by atoms with Gasteiger partial charge in [0.15, 0.2) is 0 Å². The van der Waals surface area contributed by atoms with Crippen LogP contribution < -0.4 is 16.6 Å². The molecule has 2 unspecified atom stereocenters. The Hall–Kier alpha value is -2.44. The summed E-state index contributed by atoms with van der Waals surface area (Å²) in [5.41, 5.74) is -0.206. The second-order valence-electron chi connectivity index (χ2n) is 8.84. The molecule has 2 N–H and O–H groups in total. The van der Waals surface area contributed by atoms with Crippen molar-refractivity contribution in [2.45, 2.75) is 72.4 Å². The highest BCUT2D eigenvalue weighted by Crippen LogP contribution is 2.38. The normalized spacial score (nSPS) is 20.3. The number of aromatic nitrogens is 3.